The van der Waals surface area contributed by atoms with Crippen molar-refractivity contribution in [1.29, 1.82) is 0 Å². The Balaban J connectivity index is 2.36. The first-order valence-corrected chi connectivity index (χ1v) is 6.81. The summed E-state index contributed by atoms with van der Waals surface area (Å²) in [6.07, 6.45) is 3.91. The molecule has 2 rings (SSSR count). The van der Waals surface area contributed by atoms with Crippen molar-refractivity contribution in [3.8, 4) is 0 Å². The van der Waals surface area contributed by atoms with Gasteiger partial charge < -0.3 is 0 Å². The number of hydrogen-bond donors (Lipinski definition) is 0. The molecule has 5 nitrogen and oxygen atoms in total. The van der Waals surface area contributed by atoms with Crippen molar-refractivity contribution >= 4 is 0 Å². The Morgan fingerprint density at radius 3 is 2.79 bits per heavy atom. The zero-order valence-electron chi connectivity index (χ0n) is 12.5. The van der Waals surface area contributed by atoms with Crippen molar-refractivity contribution in [2.45, 2.75) is 60.0 Å². The molecular weight excluding hydrogens is 238 g/mol. The number of rotatable bonds is 2. The van der Waals surface area contributed by atoms with Crippen LogP contribution in [0.15, 0.2) is 11.3 Å². The lowest BCUT2D eigenvalue weighted by Gasteiger charge is -2.32. The topological polar surface area (TPSA) is 66.6 Å². The fraction of sp³-hybridized carbons (Fsp3) is 0.786. The predicted molar refractivity (Wildman–Crippen MR) is 75.7 cm³/mol. The van der Waals surface area contributed by atoms with Crippen LogP contribution >= 0.6 is 0 Å². The molecule has 19 heavy (non-hydrogen) atoms. The molecule has 0 aliphatic heterocycles. The van der Waals surface area contributed by atoms with Crippen molar-refractivity contribution in [3.05, 3.63) is 27.9 Å². The molecule has 0 amide bonds. The lowest BCUT2D eigenvalue weighted by Crippen LogP contribution is -2.24. The summed E-state index contributed by atoms with van der Waals surface area (Å²) in [6, 6.07) is -0.0718. The number of aromatic nitrogens is 2. The van der Waals surface area contributed by atoms with Crippen LogP contribution in [0.5, 0.6) is 0 Å². The molecule has 1 aliphatic carbocycles. The van der Waals surface area contributed by atoms with Gasteiger partial charge in [0.2, 0.25) is 0 Å². The maximum absolute atomic E-state index is 8.74. The normalized spacial score (nSPS) is 21.6. The van der Waals surface area contributed by atoms with Crippen LogP contribution in [0.2, 0.25) is 0 Å². The van der Waals surface area contributed by atoms with E-state index in [0.29, 0.717) is 0 Å². The van der Waals surface area contributed by atoms with Crippen molar-refractivity contribution in [2.75, 3.05) is 0 Å². The van der Waals surface area contributed by atoms with Crippen LogP contribution in [-0.2, 0) is 13.0 Å². The third-order valence-corrected chi connectivity index (χ3v) is 3.45. The lowest BCUT2D eigenvalue weighted by molar-refractivity contribution is 0.278. The summed E-state index contributed by atoms with van der Waals surface area (Å²) in [6.45, 7) is 11.9. The largest absolute Gasteiger partial charge is 0.272 e. The first-order chi connectivity index (χ1) is 8.70. The van der Waals surface area contributed by atoms with E-state index in [-0.39, 0.29) is 16.9 Å². The highest BCUT2D eigenvalue weighted by molar-refractivity contribution is 5.26. The van der Waals surface area contributed by atoms with Gasteiger partial charge in [0.1, 0.15) is 0 Å². The van der Waals surface area contributed by atoms with Crippen molar-refractivity contribution < 1.29 is 0 Å². The summed E-state index contributed by atoms with van der Waals surface area (Å²) in [5, 5.41) is 8.66. The van der Waals surface area contributed by atoms with E-state index in [1.165, 1.54) is 0 Å². The van der Waals surface area contributed by atoms with E-state index < -0.39 is 0 Å². The summed E-state index contributed by atoms with van der Waals surface area (Å²) in [7, 11) is 0. The molecule has 0 N–H and O–H groups in total. The summed E-state index contributed by atoms with van der Waals surface area (Å²) < 4.78 is 2.01. The average molecular weight is 261 g/mol. The molecule has 0 spiro atoms. The molecule has 1 heterocycles. The fourth-order valence-electron chi connectivity index (χ4n) is 2.78. The maximum atomic E-state index is 8.74. The Bertz CT molecular complexity index is 514. The van der Waals surface area contributed by atoms with Gasteiger partial charge in [-0.3, -0.25) is 4.68 Å². The number of azide groups is 1. The molecule has 1 atom stereocenters. The predicted octanol–water partition coefficient (Wildman–Crippen LogP) is 4.25. The molecule has 104 valence electrons. The number of nitrogens with zero attached hydrogens (tertiary/aromatic N) is 5. The van der Waals surface area contributed by atoms with Crippen LogP contribution in [0.4, 0.5) is 0 Å². The summed E-state index contributed by atoms with van der Waals surface area (Å²) in [5.41, 5.74) is 11.3. The van der Waals surface area contributed by atoms with Crippen molar-refractivity contribution in [3.63, 3.8) is 0 Å². The molecule has 0 fully saturated rings. The van der Waals surface area contributed by atoms with Crippen LogP contribution in [-0.4, -0.2) is 9.78 Å². The third-order valence-electron chi connectivity index (χ3n) is 3.45. The highest BCUT2D eigenvalue weighted by atomic mass is 15.3. The minimum Gasteiger partial charge on any atom is -0.272 e. The molecule has 5 heteroatoms. The van der Waals surface area contributed by atoms with E-state index in [1.54, 1.807) is 0 Å². The van der Waals surface area contributed by atoms with Crippen LogP contribution in [0.25, 0.3) is 10.4 Å². The highest BCUT2D eigenvalue weighted by Gasteiger charge is 2.34. The van der Waals surface area contributed by atoms with Gasteiger partial charge in [-0.25, -0.2) is 0 Å². The minimum absolute atomic E-state index is 0.0718. The molecule has 0 bridgehead atoms. The summed E-state index contributed by atoms with van der Waals surface area (Å²) in [4.78, 5) is 3.00. The molecular formula is C14H23N5. The highest BCUT2D eigenvalue weighted by Crippen LogP contribution is 2.42. The van der Waals surface area contributed by atoms with E-state index >= 15 is 0 Å². The Labute approximate surface area is 114 Å². The quantitative estimate of drug-likeness (QED) is 0.445. The minimum atomic E-state index is -0.0718. The number of hydrogen-bond acceptors (Lipinski definition) is 2. The van der Waals surface area contributed by atoms with Gasteiger partial charge in [0.15, 0.2) is 0 Å². The van der Waals surface area contributed by atoms with E-state index in [2.05, 4.69) is 50.8 Å². The van der Waals surface area contributed by atoms with Gasteiger partial charge in [-0.1, -0.05) is 39.7 Å². The van der Waals surface area contributed by atoms with Crippen LogP contribution in [0.1, 0.15) is 58.3 Å². The van der Waals surface area contributed by atoms with Crippen LogP contribution in [0.3, 0.4) is 0 Å². The van der Waals surface area contributed by atoms with E-state index in [4.69, 9.17) is 10.6 Å². The Hall–Kier alpha value is -1.48. The molecule has 0 saturated carbocycles. The van der Waals surface area contributed by atoms with E-state index in [1.807, 2.05) is 4.68 Å². The first-order valence-electron chi connectivity index (χ1n) is 6.81. The number of fused-ring (bicyclic) bond motifs is 1. The van der Waals surface area contributed by atoms with Crippen LogP contribution in [0, 0.1) is 10.8 Å². The fourth-order valence-corrected chi connectivity index (χ4v) is 2.78. The van der Waals surface area contributed by atoms with Gasteiger partial charge >= 0.3 is 0 Å². The van der Waals surface area contributed by atoms with Gasteiger partial charge in [-0.15, -0.1) is 0 Å². The SMILES string of the molecule is CC(C)(C)Cn1cc2c(n1)CC(C)(C)C[C@@H]2N=[N+]=[N-]. The monoisotopic (exact) mass is 261 g/mol. The van der Waals surface area contributed by atoms with Gasteiger partial charge in [-0.05, 0) is 29.2 Å². The zero-order valence-corrected chi connectivity index (χ0v) is 12.5. The molecule has 1 aromatic rings. The van der Waals surface area contributed by atoms with E-state index in [9.17, 15) is 0 Å². The maximum Gasteiger partial charge on any atom is 0.0666 e. The second-order valence-electron chi connectivity index (χ2n) is 7.56. The van der Waals surface area contributed by atoms with Crippen LogP contribution < -0.4 is 0 Å². The molecule has 0 aromatic carbocycles. The van der Waals surface area contributed by atoms with E-state index in [0.717, 1.165) is 30.6 Å². The zero-order chi connectivity index (χ0) is 14.3. The molecule has 1 aliphatic rings. The molecule has 1 aromatic heterocycles. The first kappa shape index (κ1) is 13.9. The van der Waals surface area contributed by atoms with Gasteiger partial charge in [-0.2, -0.15) is 5.10 Å². The summed E-state index contributed by atoms with van der Waals surface area (Å²) >= 11 is 0. The standard InChI is InChI=1S/C14H23N5/c1-13(2,3)9-19-8-10-11(16-18-15)6-14(4,5)7-12(10)17-19/h8,11H,6-7,9H2,1-5H3/t11-/m0/s1. The third kappa shape index (κ3) is 3.29. The van der Waals surface area contributed by atoms with Gasteiger partial charge in [0, 0.05) is 23.2 Å². The average Bonchev–Trinajstić information content (AvgIpc) is 2.55. The molecule has 0 saturated heterocycles. The Morgan fingerprint density at radius 2 is 2.21 bits per heavy atom. The van der Waals surface area contributed by atoms with Crippen molar-refractivity contribution in [2.24, 2.45) is 15.9 Å². The van der Waals surface area contributed by atoms with Gasteiger partial charge in [0.25, 0.3) is 0 Å². The molecule has 0 radical (unpaired) electrons. The smallest absolute Gasteiger partial charge is 0.0666 e. The Morgan fingerprint density at radius 1 is 1.53 bits per heavy atom. The second kappa shape index (κ2) is 4.57. The summed E-state index contributed by atoms with van der Waals surface area (Å²) in [5.74, 6) is 0. The lowest BCUT2D eigenvalue weighted by atomic mass is 9.75. The Kier molecular flexibility index (Phi) is 3.35. The van der Waals surface area contributed by atoms with Crippen molar-refractivity contribution in [1.82, 2.24) is 9.78 Å². The molecule has 0 unspecified atom stereocenters. The second-order valence-corrected chi connectivity index (χ2v) is 7.56. The van der Waals surface area contributed by atoms with Gasteiger partial charge in [0.05, 0.1) is 11.7 Å².